The van der Waals surface area contributed by atoms with E-state index in [0.29, 0.717) is 13.2 Å². The molecule has 0 saturated carbocycles. The van der Waals surface area contributed by atoms with Gasteiger partial charge in [0, 0.05) is 0 Å². The van der Waals surface area contributed by atoms with Crippen molar-refractivity contribution in [1.82, 2.24) is 0 Å². The van der Waals surface area contributed by atoms with Gasteiger partial charge in [-0.3, -0.25) is 0 Å². The molecule has 0 spiro atoms. The van der Waals surface area contributed by atoms with Gasteiger partial charge in [0.05, 0.1) is 0 Å². The summed E-state index contributed by atoms with van der Waals surface area (Å²) >= 11 is -3.28. The van der Waals surface area contributed by atoms with Crippen LogP contribution in [-0.2, 0) is 6.15 Å². The first kappa shape index (κ1) is 35.6. The Labute approximate surface area is 224 Å². The van der Waals surface area contributed by atoms with Gasteiger partial charge in [0.1, 0.15) is 0 Å². The van der Waals surface area contributed by atoms with Crippen molar-refractivity contribution in [3.8, 4) is 0 Å². The van der Waals surface area contributed by atoms with Crippen molar-refractivity contribution >= 4 is 19.2 Å². The molecule has 0 aliphatic heterocycles. The first-order valence-electron chi connectivity index (χ1n) is 15.2. The number of rotatable bonds is 28. The van der Waals surface area contributed by atoms with Crippen LogP contribution in [0.15, 0.2) is 0 Å². The minimum absolute atomic E-state index is 0.0774. The Morgan fingerprint density at radius 1 is 0.514 bits per heavy atom. The Morgan fingerprint density at radius 2 is 0.886 bits per heavy atom. The fourth-order valence-corrected chi connectivity index (χ4v) is 14.6. The third-order valence-electron chi connectivity index (χ3n) is 7.00. The van der Waals surface area contributed by atoms with E-state index in [-0.39, 0.29) is 12.1 Å². The topological polar surface area (TPSA) is 123 Å². The number of nitrogens with two attached hydrogens (primary N) is 4. The SMILES string of the molecule is CCCCCCC[CH2][Sn]([CH2]CCCCCCC)([O]C[C@@H](N)CCCCN)[O]C[C@@H](N)CCCCN. The molecule has 0 radical (unpaired) electrons. The second kappa shape index (κ2) is 26.2. The number of hydrogen-bond donors (Lipinski definition) is 4. The van der Waals surface area contributed by atoms with Crippen LogP contribution in [0.2, 0.25) is 8.87 Å². The van der Waals surface area contributed by atoms with Crippen LogP contribution in [0.5, 0.6) is 0 Å². The van der Waals surface area contributed by atoms with E-state index in [1.54, 1.807) is 0 Å². The Bertz CT molecular complexity index is 394. The van der Waals surface area contributed by atoms with Crippen LogP contribution >= 0.6 is 0 Å². The third-order valence-corrected chi connectivity index (χ3v) is 17.3. The fraction of sp³-hybridized carbons (Fsp3) is 1.00. The molecule has 0 aliphatic rings. The molecular weight excluding hydrogens is 543 g/mol. The normalized spacial score (nSPS) is 13.9. The average molecular weight is 608 g/mol. The molecule has 0 aromatic heterocycles. The molecule has 0 aromatic rings. The van der Waals surface area contributed by atoms with Crippen molar-refractivity contribution in [2.24, 2.45) is 22.9 Å². The van der Waals surface area contributed by atoms with Crippen molar-refractivity contribution < 1.29 is 6.15 Å². The van der Waals surface area contributed by atoms with Crippen LogP contribution in [-0.4, -0.2) is 57.6 Å². The van der Waals surface area contributed by atoms with Crippen molar-refractivity contribution in [2.75, 3.05) is 26.3 Å². The number of unbranched alkanes of at least 4 members (excludes halogenated alkanes) is 12. The van der Waals surface area contributed by atoms with E-state index < -0.39 is 19.2 Å². The van der Waals surface area contributed by atoms with Crippen LogP contribution in [0, 0.1) is 0 Å². The molecule has 212 valence electrons. The molecule has 0 unspecified atom stereocenters. The maximum atomic E-state index is 6.81. The maximum absolute atomic E-state index is 6.81. The molecule has 0 amide bonds. The molecule has 35 heavy (non-hydrogen) atoms. The van der Waals surface area contributed by atoms with Gasteiger partial charge in [0.15, 0.2) is 0 Å². The zero-order chi connectivity index (χ0) is 26.0. The summed E-state index contributed by atoms with van der Waals surface area (Å²) in [7, 11) is 0. The van der Waals surface area contributed by atoms with Crippen molar-refractivity contribution in [2.45, 2.75) is 150 Å². The van der Waals surface area contributed by atoms with Gasteiger partial charge in [0.2, 0.25) is 0 Å². The van der Waals surface area contributed by atoms with Crippen LogP contribution in [0.4, 0.5) is 0 Å². The van der Waals surface area contributed by atoms with Gasteiger partial charge in [-0.05, 0) is 0 Å². The van der Waals surface area contributed by atoms with E-state index in [1.807, 2.05) is 0 Å². The first-order chi connectivity index (χ1) is 17.0. The van der Waals surface area contributed by atoms with Crippen molar-refractivity contribution in [1.29, 1.82) is 0 Å². The minimum atomic E-state index is -3.28. The summed E-state index contributed by atoms with van der Waals surface area (Å²) < 4.78 is 15.9. The Balaban J connectivity index is 5.06. The Hall–Kier alpha value is 0.559. The molecule has 8 N–H and O–H groups in total. The molecule has 6 nitrogen and oxygen atoms in total. The van der Waals surface area contributed by atoms with E-state index in [0.717, 1.165) is 60.5 Å². The van der Waals surface area contributed by atoms with Crippen LogP contribution in [0.1, 0.15) is 129 Å². The second-order valence-electron chi connectivity index (χ2n) is 10.7. The van der Waals surface area contributed by atoms with Crippen LogP contribution < -0.4 is 22.9 Å². The quantitative estimate of drug-likeness (QED) is 0.0631. The molecule has 7 heteroatoms. The second-order valence-corrected chi connectivity index (χ2v) is 20.4. The molecule has 2 atom stereocenters. The van der Waals surface area contributed by atoms with Crippen molar-refractivity contribution in [3.63, 3.8) is 0 Å². The van der Waals surface area contributed by atoms with Gasteiger partial charge in [-0.15, -0.1) is 0 Å². The van der Waals surface area contributed by atoms with Gasteiger partial charge >= 0.3 is 225 Å². The van der Waals surface area contributed by atoms with E-state index >= 15 is 0 Å². The average Bonchev–Trinajstić information content (AvgIpc) is 2.85. The standard InChI is InChI=1S/2C8H17.2C6H15N2O.Sn/c2*1-3-5-7-8-6-4-2;2*7-4-2-1-3-6(8)5-9;/h2*1,3-8H2,2H3;2*6H,1-5,7-8H2;/q;;2*-1;+2/t;;2*6-;/m..00./s1. The predicted octanol–water partition coefficient (Wildman–Crippen LogP) is 6.10. The molecule has 0 saturated heterocycles. The molecule has 0 fully saturated rings. The summed E-state index contributed by atoms with van der Waals surface area (Å²) in [5, 5.41) is 0. The zero-order valence-electron chi connectivity index (χ0n) is 23.8. The van der Waals surface area contributed by atoms with Crippen LogP contribution in [0.25, 0.3) is 0 Å². The monoisotopic (exact) mass is 608 g/mol. The zero-order valence-corrected chi connectivity index (χ0v) is 26.6. The van der Waals surface area contributed by atoms with Gasteiger partial charge in [-0.25, -0.2) is 0 Å². The summed E-state index contributed by atoms with van der Waals surface area (Å²) in [6.07, 6.45) is 21.8. The molecule has 0 aliphatic carbocycles. The van der Waals surface area contributed by atoms with E-state index in [4.69, 9.17) is 29.1 Å². The molecule has 0 rings (SSSR count). The predicted molar refractivity (Wildman–Crippen MR) is 156 cm³/mol. The fourth-order valence-electron chi connectivity index (χ4n) is 4.59. The first-order valence-corrected chi connectivity index (χ1v) is 21.6. The van der Waals surface area contributed by atoms with E-state index in [2.05, 4.69) is 13.8 Å². The van der Waals surface area contributed by atoms with Gasteiger partial charge in [-0.2, -0.15) is 0 Å². The van der Waals surface area contributed by atoms with Gasteiger partial charge in [0.25, 0.3) is 0 Å². The Morgan fingerprint density at radius 3 is 1.26 bits per heavy atom. The molecule has 0 aromatic carbocycles. The number of hydrogen-bond acceptors (Lipinski definition) is 6. The van der Waals surface area contributed by atoms with Gasteiger partial charge < -0.3 is 0 Å². The summed E-state index contributed by atoms with van der Waals surface area (Å²) in [4.78, 5) is 0. The molecular formula is C28H64N4O2Sn. The van der Waals surface area contributed by atoms with Crippen molar-refractivity contribution in [3.05, 3.63) is 0 Å². The van der Waals surface area contributed by atoms with Gasteiger partial charge in [-0.1, -0.05) is 0 Å². The molecule has 0 bridgehead atoms. The Kier molecular flexibility index (Phi) is 26.6. The summed E-state index contributed by atoms with van der Waals surface area (Å²) in [6.45, 7) is 7.29. The summed E-state index contributed by atoms with van der Waals surface area (Å²) in [6, 6.07) is 0.155. The molecule has 0 heterocycles. The summed E-state index contributed by atoms with van der Waals surface area (Å²) in [5.41, 5.74) is 24.2. The third kappa shape index (κ3) is 22.3. The van der Waals surface area contributed by atoms with Crippen LogP contribution in [0.3, 0.4) is 0 Å². The van der Waals surface area contributed by atoms with E-state index in [9.17, 15) is 0 Å². The summed E-state index contributed by atoms with van der Waals surface area (Å²) in [5.74, 6) is 0. The van der Waals surface area contributed by atoms with E-state index in [1.165, 1.54) is 77.0 Å².